The highest BCUT2D eigenvalue weighted by Crippen LogP contribution is 2.33. The summed E-state index contributed by atoms with van der Waals surface area (Å²) in [5, 5.41) is 0. The van der Waals surface area contributed by atoms with Crippen LogP contribution in [0.1, 0.15) is 39.5 Å². The number of hydrogen-bond acceptors (Lipinski definition) is 1. The molecular weight excluding hydrogens is 302 g/mol. The number of anilines is 3. The van der Waals surface area contributed by atoms with Gasteiger partial charge < -0.3 is 4.90 Å². The fourth-order valence-electron chi connectivity index (χ4n) is 2.68. The van der Waals surface area contributed by atoms with E-state index in [1.165, 1.54) is 42.7 Å². The van der Waals surface area contributed by atoms with Crippen LogP contribution >= 0.6 is 0 Å². The number of hydrogen-bond donors (Lipinski definition) is 0. The molecule has 1 nitrogen and oxygen atoms in total. The Morgan fingerprint density at radius 3 is 1.00 bits per heavy atom. The van der Waals surface area contributed by atoms with Crippen LogP contribution in [0.25, 0.3) is 0 Å². The summed E-state index contributed by atoms with van der Waals surface area (Å²) in [5.41, 5.74) is 3.50. The molecule has 0 saturated carbocycles. The molecule has 130 valence electrons. The maximum atomic E-state index is 2.25. The molecule has 0 amide bonds. The van der Waals surface area contributed by atoms with E-state index in [-0.39, 0.29) is 0 Å². The Morgan fingerprint density at radius 2 is 0.760 bits per heavy atom. The molecule has 3 aromatic rings. The van der Waals surface area contributed by atoms with Crippen LogP contribution in [0.15, 0.2) is 91.0 Å². The molecule has 0 aromatic heterocycles. The number of unbranched alkanes of at least 4 members (excludes halogenated alkanes) is 3. The van der Waals surface area contributed by atoms with Crippen molar-refractivity contribution in [1.82, 2.24) is 0 Å². The lowest BCUT2D eigenvalue weighted by Gasteiger charge is -2.25. The SMILES string of the molecule is CCCCCC.c1ccc(N(c2ccccc2)c2ccccc2)cc1. The molecule has 0 heterocycles. The average Bonchev–Trinajstić information content (AvgIpc) is 2.70. The normalized spacial score (nSPS) is 9.84. The second-order valence-corrected chi connectivity index (χ2v) is 6.05. The van der Waals surface area contributed by atoms with Crippen molar-refractivity contribution >= 4 is 17.1 Å². The van der Waals surface area contributed by atoms with Gasteiger partial charge in [0.2, 0.25) is 0 Å². The monoisotopic (exact) mass is 331 g/mol. The highest BCUT2D eigenvalue weighted by Gasteiger charge is 2.10. The summed E-state index contributed by atoms with van der Waals surface area (Å²) in [7, 11) is 0. The minimum atomic E-state index is 1.17. The van der Waals surface area contributed by atoms with Crippen molar-refractivity contribution in [2.45, 2.75) is 39.5 Å². The number of para-hydroxylation sites is 3. The van der Waals surface area contributed by atoms with Crippen LogP contribution in [-0.2, 0) is 0 Å². The van der Waals surface area contributed by atoms with Crippen molar-refractivity contribution in [2.24, 2.45) is 0 Å². The zero-order valence-corrected chi connectivity index (χ0v) is 15.4. The van der Waals surface area contributed by atoms with E-state index in [4.69, 9.17) is 0 Å². The zero-order chi connectivity index (χ0) is 17.7. The molecule has 0 radical (unpaired) electrons. The Kier molecular flexibility index (Phi) is 8.34. The van der Waals surface area contributed by atoms with Gasteiger partial charge in [-0.25, -0.2) is 0 Å². The molecule has 3 rings (SSSR count). The first-order chi connectivity index (χ1) is 12.4. The first kappa shape index (κ1) is 18.8. The molecule has 0 N–H and O–H groups in total. The molecule has 3 aromatic carbocycles. The van der Waals surface area contributed by atoms with Gasteiger partial charge in [0.05, 0.1) is 0 Å². The fraction of sp³-hybridized carbons (Fsp3) is 0.250. The standard InChI is InChI=1S/C18H15N.C6H14/c1-4-10-16(11-5-1)19(17-12-6-2-7-13-17)18-14-8-3-9-15-18;1-3-5-6-4-2/h1-15H;3-6H2,1-2H3. The van der Waals surface area contributed by atoms with Crippen molar-refractivity contribution < 1.29 is 0 Å². The van der Waals surface area contributed by atoms with Crippen LogP contribution in [0, 0.1) is 0 Å². The van der Waals surface area contributed by atoms with Crippen molar-refractivity contribution in [2.75, 3.05) is 4.90 Å². The molecule has 0 unspecified atom stereocenters. The Bertz CT molecular complexity index is 579. The van der Waals surface area contributed by atoms with E-state index in [0.29, 0.717) is 0 Å². The second-order valence-electron chi connectivity index (χ2n) is 6.05. The number of benzene rings is 3. The lowest BCUT2D eigenvalue weighted by molar-refractivity contribution is 0.702. The van der Waals surface area contributed by atoms with Crippen LogP contribution in [0.2, 0.25) is 0 Å². The molecule has 0 aliphatic heterocycles. The van der Waals surface area contributed by atoms with Crippen molar-refractivity contribution in [3.05, 3.63) is 91.0 Å². The van der Waals surface area contributed by atoms with Crippen LogP contribution in [0.4, 0.5) is 17.1 Å². The predicted octanol–water partition coefficient (Wildman–Crippen LogP) is 7.74. The quantitative estimate of drug-likeness (QED) is 0.417. The molecular formula is C24H29N. The lowest BCUT2D eigenvalue weighted by Crippen LogP contribution is -2.09. The molecule has 0 spiro atoms. The molecule has 0 fully saturated rings. The van der Waals surface area contributed by atoms with E-state index in [1.54, 1.807) is 0 Å². The summed E-state index contributed by atoms with van der Waals surface area (Å²) in [6, 6.07) is 31.3. The van der Waals surface area contributed by atoms with Crippen LogP contribution in [0.5, 0.6) is 0 Å². The second kappa shape index (κ2) is 11.1. The maximum absolute atomic E-state index is 2.25. The summed E-state index contributed by atoms with van der Waals surface area (Å²) >= 11 is 0. The van der Waals surface area contributed by atoms with Gasteiger partial charge in [-0.05, 0) is 36.4 Å². The molecule has 0 aliphatic carbocycles. The summed E-state index contributed by atoms with van der Waals surface area (Å²) in [6.07, 6.45) is 5.54. The number of nitrogens with zero attached hydrogens (tertiary/aromatic N) is 1. The Morgan fingerprint density at radius 1 is 0.480 bits per heavy atom. The number of rotatable bonds is 6. The van der Waals surface area contributed by atoms with Crippen LogP contribution in [0.3, 0.4) is 0 Å². The van der Waals surface area contributed by atoms with Crippen LogP contribution in [-0.4, -0.2) is 0 Å². The van der Waals surface area contributed by atoms with E-state index in [2.05, 4.69) is 91.5 Å². The smallest absolute Gasteiger partial charge is 0.0461 e. The van der Waals surface area contributed by atoms with Gasteiger partial charge in [-0.2, -0.15) is 0 Å². The van der Waals surface area contributed by atoms with Crippen molar-refractivity contribution in [3.63, 3.8) is 0 Å². The van der Waals surface area contributed by atoms with Gasteiger partial charge in [0.25, 0.3) is 0 Å². The highest BCUT2D eigenvalue weighted by molar-refractivity contribution is 5.76. The highest BCUT2D eigenvalue weighted by atomic mass is 15.1. The summed E-state index contributed by atoms with van der Waals surface area (Å²) in [4.78, 5) is 2.25. The van der Waals surface area contributed by atoms with Gasteiger partial charge in [0.15, 0.2) is 0 Å². The van der Waals surface area contributed by atoms with Gasteiger partial charge in [-0.1, -0.05) is 94.1 Å². The van der Waals surface area contributed by atoms with E-state index < -0.39 is 0 Å². The predicted molar refractivity (Wildman–Crippen MR) is 111 cm³/mol. The van der Waals surface area contributed by atoms with Gasteiger partial charge in [-0.3, -0.25) is 0 Å². The third kappa shape index (κ3) is 6.11. The maximum Gasteiger partial charge on any atom is 0.0461 e. The molecule has 0 saturated heterocycles. The van der Waals surface area contributed by atoms with E-state index >= 15 is 0 Å². The minimum absolute atomic E-state index is 1.17. The third-order valence-electron chi connectivity index (χ3n) is 4.00. The summed E-state index contributed by atoms with van der Waals surface area (Å²) < 4.78 is 0. The summed E-state index contributed by atoms with van der Waals surface area (Å²) in [5.74, 6) is 0. The van der Waals surface area contributed by atoms with Gasteiger partial charge in [0.1, 0.15) is 0 Å². The summed E-state index contributed by atoms with van der Waals surface area (Å²) in [6.45, 7) is 4.46. The molecule has 1 heteroatoms. The minimum Gasteiger partial charge on any atom is -0.311 e. The fourth-order valence-corrected chi connectivity index (χ4v) is 2.68. The molecule has 25 heavy (non-hydrogen) atoms. The Balaban J connectivity index is 0.000000326. The first-order valence-corrected chi connectivity index (χ1v) is 9.32. The lowest BCUT2D eigenvalue weighted by atomic mass is 10.2. The zero-order valence-electron chi connectivity index (χ0n) is 15.4. The Hall–Kier alpha value is -2.54. The third-order valence-corrected chi connectivity index (χ3v) is 4.00. The van der Waals surface area contributed by atoms with Crippen molar-refractivity contribution in [1.29, 1.82) is 0 Å². The van der Waals surface area contributed by atoms with Crippen LogP contribution < -0.4 is 4.90 Å². The van der Waals surface area contributed by atoms with E-state index in [0.717, 1.165) is 0 Å². The van der Waals surface area contributed by atoms with Gasteiger partial charge in [0, 0.05) is 17.1 Å². The molecule has 0 aliphatic rings. The molecule has 0 bridgehead atoms. The van der Waals surface area contributed by atoms with Gasteiger partial charge >= 0.3 is 0 Å². The van der Waals surface area contributed by atoms with E-state index in [1.807, 2.05) is 18.2 Å². The Labute approximate surface area is 153 Å². The average molecular weight is 332 g/mol. The first-order valence-electron chi connectivity index (χ1n) is 9.32. The topological polar surface area (TPSA) is 3.24 Å². The van der Waals surface area contributed by atoms with Gasteiger partial charge in [-0.15, -0.1) is 0 Å². The molecule has 0 atom stereocenters. The van der Waals surface area contributed by atoms with E-state index in [9.17, 15) is 0 Å². The van der Waals surface area contributed by atoms with Crippen molar-refractivity contribution in [3.8, 4) is 0 Å². The largest absolute Gasteiger partial charge is 0.311 e.